The predicted molar refractivity (Wildman–Crippen MR) is 69.2 cm³/mol. The van der Waals surface area contributed by atoms with Gasteiger partial charge in [0.2, 0.25) is 5.91 Å². The zero-order chi connectivity index (χ0) is 12.8. The highest BCUT2D eigenvalue weighted by molar-refractivity contribution is 5.94. The second-order valence-electron chi connectivity index (χ2n) is 4.03. The number of carbonyl (C=O) groups excluding carboxylic acids is 1. The van der Waals surface area contributed by atoms with Crippen molar-refractivity contribution < 1.29 is 9.53 Å². The van der Waals surface area contributed by atoms with E-state index in [9.17, 15) is 4.79 Å². The van der Waals surface area contributed by atoms with Crippen LogP contribution in [0.15, 0.2) is 18.2 Å². The Kier molecular flexibility index (Phi) is 4.97. The number of hydrogen-bond acceptors (Lipinski definition) is 3. The summed E-state index contributed by atoms with van der Waals surface area (Å²) < 4.78 is 5.23. The van der Waals surface area contributed by atoms with Gasteiger partial charge in [0, 0.05) is 6.54 Å². The lowest BCUT2D eigenvalue weighted by Crippen LogP contribution is -2.28. The number of rotatable bonds is 5. The SMILES string of the molecule is CCC(CN)C(=O)Nc1ccc(C)cc1OC. The van der Waals surface area contributed by atoms with Crippen molar-refractivity contribution in [1.82, 2.24) is 0 Å². The van der Waals surface area contributed by atoms with Crippen molar-refractivity contribution in [2.24, 2.45) is 11.7 Å². The molecule has 0 aliphatic heterocycles. The third kappa shape index (κ3) is 3.46. The molecule has 94 valence electrons. The lowest BCUT2D eigenvalue weighted by atomic mass is 10.1. The molecule has 0 aliphatic rings. The summed E-state index contributed by atoms with van der Waals surface area (Å²) in [5.41, 5.74) is 7.32. The fourth-order valence-corrected chi connectivity index (χ4v) is 1.60. The Morgan fingerprint density at radius 3 is 2.76 bits per heavy atom. The zero-order valence-electron chi connectivity index (χ0n) is 10.6. The van der Waals surface area contributed by atoms with Crippen molar-refractivity contribution in [2.45, 2.75) is 20.3 Å². The van der Waals surface area contributed by atoms with Gasteiger partial charge in [-0.05, 0) is 31.0 Å². The highest BCUT2D eigenvalue weighted by atomic mass is 16.5. The minimum absolute atomic E-state index is 0.0582. The predicted octanol–water partition coefficient (Wildman–Crippen LogP) is 1.93. The molecule has 0 spiro atoms. The summed E-state index contributed by atoms with van der Waals surface area (Å²) in [5, 5.41) is 2.85. The Bertz CT molecular complexity index is 387. The molecule has 0 saturated heterocycles. The molecule has 1 amide bonds. The first kappa shape index (κ1) is 13.5. The molecule has 0 aliphatic carbocycles. The largest absolute Gasteiger partial charge is 0.495 e. The fourth-order valence-electron chi connectivity index (χ4n) is 1.60. The van der Waals surface area contributed by atoms with Crippen molar-refractivity contribution in [2.75, 3.05) is 19.0 Å². The van der Waals surface area contributed by atoms with Crippen LogP contribution in [0.1, 0.15) is 18.9 Å². The Morgan fingerprint density at radius 2 is 2.24 bits per heavy atom. The maximum absolute atomic E-state index is 11.9. The average Bonchev–Trinajstić information content (AvgIpc) is 2.33. The molecule has 4 nitrogen and oxygen atoms in total. The number of nitrogens with two attached hydrogens (primary N) is 1. The van der Waals surface area contributed by atoms with E-state index in [0.29, 0.717) is 18.0 Å². The summed E-state index contributed by atoms with van der Waals surface area (Å²) in [6.07, 6.45) is 0.733. The van der Waals surface area contributed by atoms with Crippen molar-refractivity contribution in [3.8, 4) is 5.75 Å². The first-order valence-electron chi connectivity index (χ1n) is 5.78. The number of benzene rings is 1. The van der Waals surface area contributed by atoms with Gasteiger partial charge in [0.25, 0.3) is 0 Å². The van der Waals surface area contributed by atoms with Crippen LogP contribution in [0.4, 0.5) is 5.69 Å². The molecule has 0 aromatic heterocycles. The van der Waals surface area contributed by atoms with Gasteiger partial charge in [-0.15, -0.1) is 0 Å². The Balaban J connectivity index is 2.84. The van der Waals surface area contributed by atoms with E-state index in [1.807, 2.05) is 32.0 Å². The van der Waals surface area contributed by atoms with Crippen LogP contribution in [0.3, 0.4) is 0 Å². The quantitative estimate of drug-likeness (QED) is 0.821. The Morgan fingerprint density at radius 1 is 1.53 bits per heavy atom. The summed E-state index contributed by atoms with van der Waals surface area (Å²) in [5.74, 6) is 0.461. The summed E-state index contributed by atoms with van der Waals surface area (Å²) >= 11 is 0. The molecular formula is C13H20N2O2. The van der Waals surface area contributed by atoms with Gasteiger partial charge in [-0.25, -0.2) is 0 Å². The highest BCUT2D eigenvalue weighted by Gasteiger charge is 2.16. The molecule has 3 N–H and O–H groups in total. The lowest BCUT2D eigenvalue weighted by Gasteiger charge is -2.15. The van der Waals surface area contributed by atoms with Gasteiger partial charge in [0.15, 0.2) is 0 Å². The van der Waals surface area contributed by atoms with Crippen LogP contribution in [-0.4, -0.2) is 19.6 Å². The van der Waals surface area contributed by atoms with E-state index >= 15 is 0 Å². The Hall–Kier alpha value is -1.55. The Labute approximate surface area is 102 Å². The minimum atomic E-state index is -0.152. The molecule has 1 unspecified atom stereocenters. The van der Waals surface area contributed by atoms with Crippen LogP contribution >= 0.6 is 0 Å². The molecule has 1 atom stereocenters. The maximum atomic E-state index is 11.9. The first-order chi connectivity index (χ1) is 8.12. The van der Waals surface area contributed by atoms with Crippen LogP contribution in [0.2, 0.25) is 0 Å². The van der Waals surface area contributed by atoms with Crippen molar-refractivity contribution in [3.05, 3.63) is 23.8 Å². The molecule has 0 fully saturated rings. The molecule has 0 bridgehead atoms. The maximum Gasteiger partial charge on any atom is 0.228 e. The van der Waals surface area contributed by atoms with E-state index < -0.39 is 0 Å². The monoisotopic (exact) mass is 236 g/mol. The summed E-state index contributed by atoms with van der Waals surface area (Å²) in [6.45, 7) is 4.28. The molecule has 1 rings (SSSR count). The second-order valence-corrected chi connectivity index (χ2v) is 4.03. The summed E-state index contributed by atoms with van der Waals surface area (Å²) in [7, 11) is 1.59. The van der Waals surface area contributed by atoms with Crippen LogP contribution < -0.4 is 15.8 Å². The topological polar surface area (TPSA) is 64.4 Å². The molecule has 0 radical (unpaired) electrons. The normalized spacial score (nSPS) is 12.0. The lowest BCUT2D eigenvalue weighted by molar-refractivity contribution is -0.119. The average molecular weight is 236 g/mol. The number of ether oxygens (including phenoxy) is 1. The minimum Gasteiger partial charge on any atom is -0.495 e. The number of anilines is 1. The molecular weight excluding hydrogens is 216 g/mol. The molecule has 0 saturated carbocycles. The number of hydrogen-bond donors (Lipinski definition) is 2. The van der Waals surface area contributed by atoms with Crippen LogP contribution in [0, 0.1) is 12.8 Å². The highest BCUT2D eigenvalue weighted by Crippen LogP contribution is 2.25. The first-order valence-corrected chi connectivity index (χ1v) is 5.78. The fraction of sp³-hybridized carbons (Fsp3) is 0.462. The van der Waals surface area contributed by atoms with Crippen LogP contribution in [0.25, 0.3) is 0 Å². The number of amides is 1. The number of carbonyl (C=O) groups is 1. The summed E-state index contributed by atoms with van der Waals surface area (Å²) in [4.78, 5) is 11.9. The van der Waals surface area contributed by atoms with Gasteiger partial charge >= 0.3 is 0 Å². The van der Waals surface area contributed by atoms with E-state index in [0.717, 1.165) is 12.0 Å². The second kappa shape index (κ2) is 6.25. The van der Waals surface area contributed by atoms with Crippen LogP contribution in [-0.2, 0) is 4.79 Å². The molecule has 1 aromatic rings. The van der Waals surface area contributed by atoms with E-state index in [2.05, 4.69) is 5.32 Å². The standard InChI is InChI=1S/C13H20N2O2/c1-4-10(8-14)13(16)15-11-6-5-9(2)7-12(11)17-3/h5-7,10H,4,8,14H2,1-3H3,(H,15,16). The van der Waals surface area contributed by atoms with E-state index in [1.54, 1.807) is 7.11 Å². The zero-order valence-corrected chi connectivity index (χ0v) is 10.6. The molecule has 1 aromatic carbocycles. The van der Waals surface area contributed by atoms with Gasteiger partial charge in [-0.1, -0.05) is 13.0 Å². The van der Waals surface area contributed by atoms with E-state index in [-0.39, 0.29) is 11.8 Å². The van der Waals surface area contributed by atoms with Gasteiger partial charge in [0.1, 0.15) is 5.75 Å². The van der Waals surface area contributed by atoms with Gasteiger partial charge in [-0.2, -0.15) is 0 Å². The number of methoxy groups -OCH3 is 1. The summed E-state index contributed by atoms with van der Waals surface area (Å²) in [6, 6.07) is 5.66. The van der Waals surface area contributed by atoms with Gasteiger partial charge in [-0.3, -0.25) is 4.79 Å². The third-order valence-corrected chi connectivity index (χ3v) is 2.76. The van der Waals surface area contributed by atoms with Gasteiger partial charge in [0.05, 0.1) is 18.7 Å². The number of aryl methyl sites for hydroxylation is 1. The van der Waals surface area contributed by atoms with Gasteiger partial charge < -0.3 is 15.8 Å². The molecule has 0 heterocycles. The van der Waals surface area contributed by atoms with Crippen molar-refractivity contribution in [3.63, 3.8) is 0 Å². The van der Waals surface area contributed by atoms with Crippen LogP contribution in [0.5, 0.6) is 5.75 Å². The number of nitrogens with one attached hydrogen (secondary N) is 1. The molecule has 17 heavy (non-hydrogen) atoms. The third-order valence-electron chi connectivity index (χ3n) is 2.76. The van der Waals surface area contributed by atoms with Crippen molar-refractivity contribution >= 4 is 11.6 Å². The molecule has 4 heteroatoms. The van der Waals surface area contributed by atoms with Crippen molar-refractivity contribution in [1.29, 1.82) is 0 Å². The van der Waals surface area contributed by atoms with E-state index in [1.165, 1.54) is 0 Å². The smallest absolute Gasteiger partial charge is 0.228 e. The van der Waals surface area contributed by atoms with E-state index in [4.69, 9.17) is 10.5 Å².